The van der Waals surface area contributed by atoms with Gasteiger partial charge in [0.25, 0.3) is 5.91 Å². The summed E-state index contributed by atoms with van der Waals surface area (Å²) in [6.45, 7) is 0.107. The molecule has 2 aromatic carbocycles. The monoisotopic (exact) mass is 542 g/mol. The van der Waals surface area contributed by atoms with E-state index in [9.17, 15) is 14.7 Å². The lowest BCUT2D eigenvalue weighted by molar-refractivity contribution is -0.124. The van der Waals surface area contributed by atoms with Crippen molar-refractivity contribution in [3.8, 4) is 17.2 Å². The number of phenols is 1. The Morgan fingerprint density at radius 1 is 1.20 bits per heavy atom. The molecule has 4 N–H and O–H groups in total. The van der Waals surface area contributed by atoms with Crippen molar-refractivity contribution in [1.29, 1.82) is 0 Å². The van der Waals surface area contributed by atoms with E-state index < -0.39 is 18.1 Å². The van der Waals surface area contributed by atoms with Crippen LogP contribution in [0.2, 0.25) is 0 Å². The first-order chi connectivity index (χ1) is 14.4. The summed E-state index contributed by atoms with van der Waals surface area (Å²) >= 11 is 6.57. The maximum absolute atomic E-state index is 12.5. The number of hydrogen-bond acceptors (Lipinski definition) is 7. The maximum atomic E-state index is 12.5. The lowest BCUT2D eigenvalue weighted by Gasteiger charge is -2.19. The van der Waals surface area contributed by atoms with Crippen LogP contribution in [-0.4, -0.2) is 29.1 Å². The first-order valence-corrected chi connectivity index (χ1v) is 10.1. The normalized spacial score (nSPS) is 13.2. The van der Waals surface area contributed by atoms with Crippen LogP contribution >= 0.6 is 31.9 Å². The number of aromatic hydroxyl groups is 1. The van der Waals surface area contributed by atoms with Gasteiger partial charge in [-0.05, 0) is 40.2 Å². The van der Waals surface area contributed by atoms with Crippen molar-refractivity contribution in [1.82, 2.24) is 5.48 Å². The summed E-state index contributed by atoms with van der Waals surface area (Å²) in [5, 5.41) is 21.6. The van der Waals surface area contributed by atoms with Gasteiger partial charge in [-0.15, -0.1) is 0 Å². The number of hydrogen-bond donors (Lipinski definition) is 4. The largest absolute Gasteiger partial charge is 0.506 e. The third-order valence-electron chi connectivity index (χ3n) is 4.00. The predicted molar refractivity (Wildman–Crippen MR) is 113 cm³/mol. The van der Waals surface area contributed by atoms with E-state index in [0.717, 1.165) is 6.08 Å². The van der Waals surface area contributed by atoms with Crippen molar-refractivity contribution in [3.63, 3.8) is 0 Å². The molecule has 0 saturated carbocycles. The molecular weight excluding hydrogens is 528 g/mol. The van der Waals surface area contributed by atoms with Gasteiger partial charge >= 0.3 is 6.09 Å². The number of benzene rings is 2. The third-order valence-corrected chi connectivity index (χ3v) is 5.06. The highest BCUT2D eigenvalue weighted by molar-refractivity contribution is 9.11. The fourth-order valence-electron chi connectivity index (χ4n) is 2.66. The Morgan fingerprint density at radius 3 is 2.73 bits per heavy atom. The average molecular weight is 544 g/mol. The van der Waals surface area contributed by atoms with Crippen molar-refractivity contribution >= 4 is 49.5 Å². The summed E-state index contributed by atoms with van der Waals surface area (Å²) < 4.78 is 17.0. The molecule has 9 nitrogen and oxygen atoms in total. The lowest BCUT2D eigenvalue weighted by Crippen LogP contribution is -2.18. The highest BCUT2D eigenvalue weighted by Crippen LogP contribution is 2.38. The number of fused-ring (bicyclic) bond motifs is 1. The van der Waals surface area contributed by atoms with Gasteiger partial charge in [0.2, 0.25) is 6.79 Å². The summed E-state index contributed by atoms with van der Waals surface area (Å²) in [5.74, 6) is 0.219. The highest BCUT2D eigenvalue weighted by atomic mass is 79.9. The number of rotatable bonds is 6. The Morgan fingerprint density at radius 2 is 1.97 bits per heavy atom. The zero-order valence-electron chi connectivity index (χ0n) is 15.2. The van der Waals surface area contributed by atoms with Crippen LogP contribution in [0.5, 0.6) is 17.2 Å². The summed E-state index contributed by atoms with van der Waals surface area (Å²) in [4.78, 5) is 23.7. The van der Waals surface area contributed by atoms with E-state index in [4.69, 9.17) is 19.4 Å². The Labute approximate surface area is 187 Å². The molecule has 1 aliphatic rings. The Balaban J connectivity index is 1.78. The van der Waals surface area contributed by atoms with Crippen LogP contribution in [0.3, 0.4) is 0 Å². The number of phenolic OH excluding ortho intramolecular Hbond substituents is 1. The quantitative estimate of drug-likeness (QED) is 0.242. The molecule has 11 heteroatoms. The number of amides is 2. The van der Waals surface area contributed by atoms with Gasteiger partial charge in [0.1, 0.15) is 11.9 Å². The summed E-state index contributed by atoms with van der Waals surface area (Å²) in [6.07, 6.45) is 0.817. The molecule has 1 atom stereocenters. The van der Waals surface area contributed by atoms with Gasteiger partial charge in [-0.2, -0.15) is 0 Å². The van der Waals surface area contributed by atoms with Gasteiger partial charge in [-0.3, -0.25) is 15.3 Å². The Kier molecular flexibility index (Phi) is 7.19. The van der Waals surface area contributed by atoms with Crippen LogP contribution in [-0.2, 0) is 9.53 Å². The van der Waals surface area contributed by atoms with E-state index in [1.165, 1.54) is 11.6 Å². The van der Waals surface area contributed by atoms with E-state index in [1.807, 2.05) is 0 Å². The maximum Gasteiger partial charge on any atom is 0.412 e. The molecule has 0 fully saturated rings. The number of carbonyl (C=O) groups is 2. The second kappa shape index (κ2) is 9.83. The van der Waals surface area contributed by atoms with Crippen molar-refractivity contribution in [2.24, 2.45) is 0 Å². The van der Waals surface area contributed by atoms with Gasteiger partial charge in [0, 0.05) is 34.3 Å². The third kappa shape index (κ3) is 5.43. The van der Waals surface area contributed by atoms with Gasteiger partial charge in [-0.1, -0.05) is 22.0 Å². The molecule has 3 rings (SSSR count). The minimum absolute atomic E-state index is 0.0540. The number of ether oxygens (including phenoxy) is 3. The van der Waals surface area contributed by atoms with Crippen molar-refractivity contribution in [3.05, 3.63) is 57.0 Å². The Bertz CT molecular complexity index is 997. The molecule has 0 aromatic heterocycles. The van der Waals surface area contributed by atoms with Gasteiger partial charge in [-0.25, -0.2) is 10.3 Å². The van der Waals surface area contributed by atoms with E-state index in [-0.39, 0.29) is 19.0 Å². The second-order valence-corrected chi connectivity index (χ2v) is 7.80. The van der Waals surface area contributed by atoms with Crippen molar-refractivity contribution in [2.45, 2.75) is 12.5 Å². The number of hydroxylamine groups is 1. The van der Waals surface area contributed by atoms with Crippen LogP contribution in [0.25, 0.3) is 0 Å². The molecule has 1 aliphatic heterocycles. The number of anilines is 1. The topological polar surface area (TPSA) is 126 Å². The van der Waals surface area contributed by atoms with Gasteiger partial charge in [0.15, 0.2) is 11.5 Å². The van der Waals surface area contributed by atoms with Crippen LogP contribution in [0, 0.1) is 0 Å². The summed E-state index contributed by atoms with van der Waals surface area (Å²) in [6, 6.07) is 8.11. The second-order valence-electron chi connectivity index (χ2n) is 6.03. The van der Waals surface area contributed by atoms with Crippen LogP contribution in [0.4, 0.5) is 10.5 Å². The number of nitrogens with one attached hydrogen (secondary N) is 2. The van der Waals surface area contributed by atoms with Crippen molar-refractivity contribution < 1.29 is 34.1 Å². The number of halogens is 2. The van der Waals surface area contributed by atoms with E-state index in [0.29, 0.717) is 31.7 Å². The molecular formula is C19H16Br2N2O7. The number of carbonyl (C=O) groups excluding carboxylic acids is 2. The summed E-state index contributed by atoms with van der Waals surface area (Å²) in [7, 11) is 0. The molecule has 0 saturated heterocycles. The minimum atomic E-state index is -0.935. The molecule has 0 unspecified atom stereocenters. The van der Waals surface area contributed by atoms with Crippen molar-refractivity contribution in [2.75, 3.05) is 12.1 Å². The van der Waals surface area contributed by atoms with Crippen LogP contribution in [0.15, 0.2) is 51.4 Å². The molecule has 0 radical (unpaired) electrons. The minimum Gasteiger partial charge on any atom is -0.506 e. The molecule has 2 amide bonds. The fourth-order valence-corrected chi connectivity index (χ4v) is 3.91. The van der Waals surface area contributed by atoms with E-state index in [2.05, 4.69) is 37.2 Å². The Hall–Kier alpha value is -2.76. The molecule has 30 heavy (non-hydrogen) atoms. The first-order valence-electron chi connectivity index (χ1n) is 8.53. The zero-order valence-corrected chi connectivity index (χ0v) is 18.4. The summed E-state index contributed by atoms with van der Waals surface area (Å²) in [5.41, 5.74) is 2.21. The standard InChI is InChI=1S/C19H16Br2N2O7/c20-10-6-12(18(25)13(21)7-10)14(2-1-3-17(24)23-27)30-19(26)22-11-4-5-15-16(8-11)29-9-28-15/h1,3-8,14,25,27H,2,9H2,(H,22,26)(H,23,24)/b3-1+/t14-/m0/s1. The smallest absolute Gasteiger partial charge is 0.412 e. The first kappa shape index (κ1) is 21.9. The molecule has 0 aliphatic carbocycles. The van der Waals surface area contributed by atoms with E-state index in [1.54, 1.807) is 30.3 Å². The highest BCUT2D eigenvalue weighted by Gasteiger charge is 2.22. The molecule has 1 heterocycles. The van der Waals surface area contributed by atoms with Gasteiger partial charge in [0.05, 0.1) is 4.47 Å². The SMILES string of the molecule is O=C(/C=C/C[C@H](OC(=O)Nc1ccc2c(c1)OCO2)c1cc(Br)cc(Br)c1O)NO. The molecule has 158 valence electrons. The molecule has 0 spiro atoms. The zero-order chi connectivity index (χ0) is 21.7. The predicted octanol–water partition coefficient (Wildman–Crippen LogP) is 4.39. The fraction of sp³-hybridized carbons (Fsp3) is 0.158. The molecule has 2 aromatic rings. The average Bonchev–Trinajstić information content (AvgIpc) is 3.17. The molecule has 0 bridgehead atoms. The van der Waals surface area contributed by atoms with Crippen LogP contribution < -0.4 is 20.3 Å². The van der Waals surface area contributed by atoms with Crippen LogP contribution in [0.1, 0.15) is 18.1 Å². The van der Waals surface area contributed by atoms with Gasteiger partial charge < -0.3 is 19.3 Å². The lowest BCUT2D eigenvalue weighted by atomic mass is 10.0. The van der Waals surface area contributed by atoms with E-state index >= 15 is 0 Å².